The third-order valence-corrected chi connectivity index (χ3v) is 0.787. The van der Waals surface area contributed by atoms with Crippen LogP contribution < -0.4 is 5.32 Å². The van der Waals surface area contributed by atoms with Gasteiger partial charge in [-0.15, -0.1) is 0 Å². The van der Waals surface area contributed by atoms with Gasteiger partial charge < -0.3 is 5.11 Å². The molecular formula is C4H10N4O. The van der Waals surface area contributed by atoms with Gasteiger partial charge in [0.05, 0.1) is 6.73 Å². The SMILES string of the molecule is [N-]=[N+]=NCCCNCO. The third kappa shape index (κ3) is 7.23. The Kier molecular flexibility index (Phi) is 6.61. The van der Waals surface area contributed by atoms with Crippen LogP contribution in [0.3, 0.4) is 0 Å². The Labute approximate surface area is 53.3 Å². The van der Waals surface area contributed by atoms with Crippen molar-refractivity contribution in [3.63, 3.8) is 0 Å². The van der Waals surface area contributed by atoms with Crippen molar-refractivity contribution in [3.05, 3.63) is 10.4 Å². The van der Waals surface area contributed by atoms with Crippen LogP contribution in [0.2, 0.25) is 0 Å². The van der Waals surface area contributed by atoms with Crippen LogP contribution in [0.4, 0.5) is 0 Å². The number of azide groups is 1. The molecule has 0 aromatic carbocycles. The highest BCUT2D eigenvalue weighted by Gasteiger charge is 1.81. The summed E-state index contributed by atoms with van der Waals surface area (Å²) in [5.74, 6) is 0. The highest BCUT2D eigenvalue weighted by molar-refractivity contribution is 4.48. The standard InChI is InChI=1S/C4H10N4O/c5-8-7-3-1-2-6-4-9/h6,9H,1-4H2. The molecule has 5 heteroatoms. The molecule has 0 unspecified atom stereocenters. The molecule has 5 nitrogen and oxygen atoms in total. The summed E-state index contributed by atoms with van der Waals surface area (Å²) in [5, 5.41) is 14.2. The van der Waals surface area contributed by atoms with E-state index < -0.39 is 0 Å². The maximum absolute atomic E-state index is 8.21. The molecule has 0 aromatic heterocycles. The lowest BCUT2D eigenvalue weighted by molar-refractivity contribution is 0.261. The fraction of sp³-hybridized carbons (Fsp3) is 1.00. The molecule has 0 bridgehead atoms. The van der Waals surface area contributed by atoms with Crippen LogP contribution in [0.15, 0.2) is 5.11 Å². The Hall–Kier alpha value is -0.770. The molecule has 0 spiro atoms. The van der Waals surface area contributed by atoms with Crippen LogP contribution in [0.1, 0.15) is 6.42 Å². The van der Waals surface area contributed by atoms with E-state index in [0.29, 0.717) is 13.1 Å². The van der Waals surface area contributed by atoms with Gasteiger partial charge in [-0.3, -0.25) is 5.32 Å². The van der Waals surface area contributed by atoms with Gasteiger partial charge >= 0.3 is 0 Å². The predicted molar refractivity (Wildman–Crippen MR) is 33.7 cm³/mol. The fourth-order valence-electron chi connectivity index (χ4n) is 0.399. The second kappa shape index (κ2) is 7.23. The average molecular weight is 130 g/mol. The zero-order chi connectivity index (χ0) is 6.95. The molecule has 0 fully saturated rings. The van der Waals surface area contributed by atoms with Crippen molar-refractivity contribution in [2.45, 2.75) is 6.42 Å². The van der Waals surface area contributed by atoms with Gasteiger partial charge in [-0.1, -0.05) is 5.11 Å². The molecule has 0 aliphatic heterocycles. The molecule has 0 aliphatic rings. The third-order valence-electron chi connectivity index (χ3n) is 0.787. The zero-order valence-corrected chi connectivity index (χ0v) is 5.12. The highest BCUT2D eigenvalue weighted by atomic mass is 16.3. The molecule has 0 radical (unpaired) electrons. The minimum Gasteiger partial charge on any atom is -0.381 e. The zero-order valence-electron chi connectivity index (χ0n) is 5.12. The normalized spacial score (nSPS) is 8.56. The lowest BCUT2D eigenvalue weighted by Gasteiger charge is -1.94. The molecule has 0 amide bonds. The van der Waals surface area contributed by atoms with Gasteiger partial charge in [0.25, 0.3) is 0 Å². The highest BCUT2D eigenvalue weighted by Crippen LogP contribution is 1.77. The number of hydrogen-bond acceptors (Lipinski definition) is 3. The van der Waals surface area contributed by atoms with Gasteiger partial charge in [0.15, 0.2) is 0 Å². The second-order valence-corrected chi connectivity index (χ2v) is 1.47. The summed E-state index contributed by atoms with van der Waals surface area (Å²) >= 11 is 0. The molecule has 0 aliphatic carbocycles. The first kappa shape index (κ1) is 8.23. The van der Waals surface area contributed by atoms with E-state index in [0.717, 1.165) is 6.42 Å². The first-order valence-corrected chi connectivity index (χ1v) is 2.74. The molecule has 9 heavy (non-hydrogen) atoms. The topological polar surface area (TPSA) is 81.0 Å². The lowest BCUT2D eigenvalue weighted by atomic mass is 10.4. The van der Waals surface area contributed by atoms with Crippen LogP contribution in [0.25, 0.3) is 10.4 Å². The monoisotopic (exact) mass is 130 g/mol. The molecule has 0 aromatic rings. The summed E-state index contributed by atoms with van der Waals surface area (Å²) in [7, 11) is 0. The Morgan fingerprint density at radius 2 is 2.44 bits per heavy atom. The van der Waals surface area contributed by atoms with E-state index in [1.54, 1.807) is 0 Å². The second-order valence-electron chi connectivity index (χ2n) is 1.47. The van der Waals surface area contributed by atoms with Crippen LogP contribution in [-0.4, -0.2) is 24.9 Å². The number of rotatable bonds is 5. The number of nitrogens with zero attached hydrogens (tertiary/aromatic N) is 3. The van der Waals surface area contributed by atoms with Crippen LogP contribution >= 0.6 is 0 Å². The molecule has 52 valence electrons. The Morgan fingerprint density at radius 3 is 3.00 bits per heavy atom. The van der Waals surface area contributed by atoms with Gasteiger partial charge in [-0.2, -0.15) is 0 Å². The van der Waals surface area contributed by atoms with E-state index in [9.17, 15) is 0 Å². The largest absolute Gasteiger partial charge is 0.381 e. The Morgan fingerprint density at radius 1 is 1.67 bits per heavy atom. The number of aliphatic hydroxyl groups is 1. The van der Waals surface area contributed by atoms with Crippen LogP contribution in [0, 0.1) is 0 Å². The van der Waals surface area contributed by atoms with E-state index in [-0.39, 0.29) is 6.73 Å². The van der Waals surface area contributed by atoms with Crippen molar-refractivity contribution in [1.29, 1.82) is 0 Å². The first-order chi connectivity index (χ1) is 4.41. The summed E-state index contributed by atoms with van der Waals surface area (Å²) in [6, 6.07) is 0. The summed E-state index contributed by atoms with van der Waals surface area (Å²) in [4.78, 5) is 2.57. The van der Waals surface area contributed by atoms with E-state index in [1.165, 1.54) is 0 Å². The van der Waals surface area contributed by atoms with E-state index in [4.69, 9.17) is 10.6 Å². The van der Waals surface area contributed by atoms with Gasteiger partial charge in [-0.25, -0.2) is 0 Å². The van der Waals surface area contributed by atoms with Crippen LogP contribution in [0.5, 0.6) is 0 Å². The first-order valence-electron chi connectivity index (χ1n) is 2.74. The molecule has 0 saturated heterocycles. The van der Waals surface area contributed by atoms with Crippen molar-refractivity contribution in [2.24, 2.45) is 5.11 Å². The van der Waals surface area contributed by atoms with Gasteiger partial charge in [0, 0.05) is 11.5 Å². The average Bonchev–Trinajstić information content (AvgIpc) is 1.89. The minimum atomic E-state index is -0.0176. The molecule has 0 rings (SSSR count). The smallest absolute Gasteiger partial charge is 0.0931 e. The summed E-state index contributed by atoms with van der Waals surface area (Å²) in [5.41, 5.74) is 7.81. The van der Waals surface area contributed by atoms with Crippen LogP contribution in [-0.2, 0) is 0 Å². The quantitative estimate of drug-likeness (QED) is 0.183. The van der Waals surface area contributed by atoms with Crippen molar-refractivity contribution < 1.29 is 5.11 Å². The van der Waals surface area contributed by atoms with Crippen molar-refractivity contribution >= 4 is 0 Å². The molecular weight excluding hydrogens is 120 g/mol. The fourth-order valence-corrected chi connectivity index (χ4v) is 0.399. The van der Waals surface area contributed by atoms with Gasteiger partial charge in [0.1, 0.15) is 0 Å². The number of hydrogen-bond donors (Lipinski definition) is 2. The minimum absolute atomic E-state index is 0.0176. The maximum atomic E-state index is 8.21. The van der Waals surface area contributed by atoms with Gasteiger partial charge in [-0.05, 0) is 18.5 Å². The van der Waals surface area contributed by atoms with Crippen molar-refractivity contribution in [1.82, 2.24) is 5.32 Å². The van der Waals surface area contributed by atoms with Crippen molar-refractivity contribution in [2.75, 3.05) is 19.8 Å². The lowest BCUT2D eigenvalue weighted by Crippen LogP contribution is -2.16. The summed E-state index contributed by atoms with van der Waals surface area (Å²) in [6.45, 7) is 1.16. The molecule has 2 N–H and O–H groups in total. The predicted octanol–water partition coefficient (Wildman–Crippen LogP) is 0.226. The molecule has 0 atom stereocenters. The summed E-state index contributed by atoms with van der Waals surface area (Å²) in [6.07, 6.45) is 0.768. The Bertz CT molecular complexity index is 98.7. The number of nitrogens with one attached hydrogen (secondary N) is 1. The van der Waals surface area contributed by atoms with E-state index in [2.05, 4.69) is 15.3 Å². The summed E-state index contributed by atoms with van der Waals surface area (Å²) < 4.78 is 0. The maximum Gasteiger partial charge on any atom is 0.0931 e. The number of aliphatic hydroxyl groups excluding tert-OH is 1. The molecule has 0 heterocycles. The van der Waals surface area contributed by atoms with Crippen molar-refractivity contribution in [3.8, 4) is 0 Å². The molecule has 0 saturated carbocycles. The van der Waals surface area contributed by atoms with Gasteiger partial charge in [0.2, 0.25) is 0 Å². The van der Waals surface area contributed by atoms with E-state index in [1.807, 2.05) is 0 Å². The Balaban J connectivity index is 2.82. The van der Waals surface area contributed by atoms with E-state index >= 15 is 0 Å².